The van der Waals surface area contributed by atoms with Crippen LogP contribution in [0.1, 0.15) is 31.9 Å². The Bertz CT molecular complexity index is 1050. The molecule has 0 bridgehead atoms. The van der Waals surface area contributed by atoms with Crippen LogP contribution in [0.2, 0.25) is 0 Å². The molecule has 6 nitrogen and oxygen atoms in total. The number of rotatable bonds is 9. The molecule has 0 aliphatic carbocycles. The maximum atomic E-state index is 12.8. The predicted octanol–water partition coefficient (Wildman–Crippen LogP) is 3.63. The zero-order valence-corrected chi connectivity index (χ0v) is 18.2. The van der Waals surface area contributed by atoms with Gasteiger partial charge in [0.15, 0.2) is 0 Å². The van der Waals surface area contributed by atoms with E-state index >= 15 is 0 Å². The summed E-state index contributed by atoms with van der Waals surface area (Å²) in [7, 11) is 0. The minimum Gasteiger partial charge on any atom is -0.478 e. The van der Waals surface area contributed by atoms with Crippen LogP contribution in [0, 0.1) is 5.92 Å². The van der Waals surface area contributed by atoms with E-state index in [1.165, 1.54) is 0 Å². The van der Waals surface area contributed by atoms with Crippen LogP contribution < -0.4 is 15.4 Å². The Hall–Kier alpha value is -3.41. The molecule has 0 aliphatic rings. The highest BCUT2D eigenvalue weighted by Gasteiger charge is 2.24. The van der Waals surface area contributed by atoms with Crippen LogP contribution in [-0.4, -0.2) is 29.4 Å². The number of amides is 2. The van der Waals surface area contributed by atoms with E-state index in [1.807, 2.05) is 69.3 Å². The summed E-state index contributed by atoms with van der Waals surface area (Å²) in [6.07, 6.45) is 1.88. The number of hydrogen-bond donors (Lipinski definition) is 2. The van der Waals surface area contributed by atoms with Gasteiger partial charge in [0.2, 0.25) is 17.7 Å². The van der Waals surface area contributed by atoms with Crippen molar-refractivity contribution >= 4 is 22.6 Å². The van der Waals surface area contributed by atoms with Crippen LogP contribution in [0.25, 0.3) is 10.8 Å². The molecule has 0 fully saturated rings. The van der Waals surface area contributed by atoms with Gasteiger partial charge in [-0.05, 0) is 40.8 Å². The molecule has 31 heavy (non-hydrogen) atoms. The van der Waals surface area contributed by atoms with Gasteiger partial charge in [-0.25, -0.2) is 4.98 Å². The first-order valence-corrected chi connectivity index (χ1v) is 10.6. The Balaban J connectivity index is 1.59. The zero-order valence-electron chi connectivity index (χ0n) is 18.2. The summed E-state index contributed by atoms with van der Waals surface area (Å²) in [5.41, 5.74) is 1.80. The summed E-state index contributed by atoms with van der Waals surface area (Å²) >= 11 is 0. The highest BCUT2D eigenvalue weighted by Crippen LogP contribution is 2.16. The minimum absolute atomic E-state index is 0.0445. The summed E-state index contributed by atoms with van der Waals surface area (Å²) in [5.74, 6) is 0.0960. The SMILES string of the molecule is CCOc1cc(CNC(=O)C(NC(=O)Cc2ccc3ccccc3c2)C(C)C)ccn1. The zero-order chi connectivity index (χ0) is 22.2. The lowest BCUT2D eigenvalue weighted by molar-refractivity contribution is -0.129. The topological polar surface area (TPSA) is 80.3 Å². The number of aromatic nitrogens is 1. The first-order valence-electron chi connectivity index (χ1n) is 10.6. The molecule has 1 atom stereocenters. The standard InChI is InChI=1S/C25H29N3O3/c1-4-31-23-15-19(11-12-26-23)16-27-25(30)24(17(2)3)28-22(29)14-18-9-10-20-7-5-6-8-21(20)13-18/h5-13,15,17,24H,4,14,16H2,1-3H3,(H,27,30)(H,28,29). The number of pyridine rings is 1. The highest BCUT2D eigenvalue weighted by atomic mass is 16.5. The van der Waals surface area contributed by atoms with E-state index in [0.717, 1.165) is 21.9 Å². The van der Waals surface area contributed by atoms with Gasteiger partial charge in [0, 0.05) is 18.8 Å². The molecular formula is C25H29N3O3. The lowest BCUT2D eigenvalue weighted by Gasteiger charge is -2.22. The number of fused-ring (bicyclic) bond motifs is 1. The molecule has 2 amide bonds. The molecule has 0 aliphatic heterocycles. The summed E-state index contributed by atoms with van der Waals surface area (Å²) in [6, 6.07) is 17.0. The molecule has 2 N–H and O–H groups in total. The van der Waals surface area contributed by atoms with E-state index in [-0.39, 0.29) is 24.2 Å². The Morgan fingerprint density at radius 2 is 1.77 bits per heavy atom. The average Bonchev–Trinajstić information content (AvgIpc) is 2.76. The monoisotopic (exact) mass is 419 g/mol. The number of nitrogens with zero attached hydrogens (tertiary/aromatic N) is 1. The van der Waals surface area contributed by atoms with Crippen molar-refractivity contribution in [1.29, 1.82) is 0 Å². The maximum absolute atomic E-state index is 12.8. The number of benzene rings is 2. The predicted molar refractivity (Wildman–Crippen MR) is 122 cm³/mol. The minimum atomic E-state index is -0.610. The molecule has 3 rings (SSSR count). The number of carbonyl (C=O) groups excluding carboxylic acids is 2. The van der Waals surface area contributed by atoms with Gasteiger partial charge in [-0.1, -0.05) is 56.3 Å². The molecule has 0 spiro atoms. The molecule has 6 heteroatoms. The van der Waals surface area contributed by atoms with Crippen LogP contribution in [0.15, 0.2) is 60.8 Å². The normalized spacial score (nSPS) is 11.9. The molecule has 3 aromatic rings. The third kappa shape index (κ3) is 6.28. The average molecular weight is 420 g/mol. The van der Waals surface area contributed by atoms with E-state index < -0.39 is 6.04 Å². The maximum Gasteiger partial charge on any atom is 0.243 e. The molecule has 0 radical (unpaired) electrons. The van der Waals surface area contributed by atoms with Crippen LogP contribution in [0.4, 0.5) is 0 Å². The molecule has 0 saturated carbocycles. The third-order valence-electron chi connectivity index (χ3n) is 5.00. The molecule has 1 unspecified atom stereocenters. The summed E-state index contributed by atoms with van der Waals surface area (Å²) in [5, 5.41) is 8.03. The van der Waals surface area contributed by atoms with Gasteiger partial charge >= 0.3 is 0 Å². The second-order valence-electron chi connectivity index (χ2n) is 7.80. The Morgan fingerprint density at radius 3 is 2.52 bits per heavy atom. The van der Waals surface area contributed by atoms with Gasteiger partial charge in [0.05, 0.1) is 13.0 Å². The third-order valence-corrected chi connectivity index (χ3v) is 5.00. The fourth-order valence-corrected chi connectivity index (χ4v) is 3.38. The fourth-order valence-electron chi connectivity index (χ4n) is 3.38. The van der Waals surface area contributed by atoms with E-state index in [4.69, 9.17) is 4.74 Å². The summed E-state index contributed by atoms with van der Waals surface area (Å²) < 4.78 is 5.39. The van der Waals surface area contributed by atoms with Crippen LogP contribution in [0.3, 0.4) is 0 Å². The molecule has 162 valence electrons. The second-order valence-corrected chi connectivity index (χ2v) is 7.80. The van der Waals surface area contributed by atoms with Crippen molar-refractivity contribution in [2.75, 3.05) is 6.61 Å². The van der Waals surface area contributed by atoms with Gasteiger partial charge in [-0.3, -0.25) is 9.59 Å². The quantitative estimate of drug-likeness (QED) is 0.555. The number of nitrogens with one attached hydrogen (secondary N) is 2. The van der Waals surface area contributed by atoms with Crippen molar-refractivity contribution in [3.8, 4) is 5.88 Å². The first kappa shape index (κ1) is 22.3. The van der Waals surface area contributed by atoms with E-state index in [1.54, 1.807) is 12.3 Å². The molecule has 0 saturated heterocycles. The van der Waals surface area contributed by atoms with Crippen LogP contribution in [0.5, 0.6) is 5.88 Å². The van der Waals surface area contributed by atoms with Gasteiger partial charge < -0.3 is 15.4 Å². The Morgan fingerprint density at radius 1 is 1.00 bits per heavy atom. The van der Waals surface area contributed by atoms with Crippen molar-refractivity contribution in [3.05, 3.63) is 71.9 Å². The molecule has 1 aromatic heterocycles. The largest absolute Gasteiger partial charge is 0.478 e. The molecule has 2 aromatic carbocycles. The molecular weight excluding hydrogens is 390 g/mol. The number of carbonyl (C=O) groups is 2. The highest BCUT2D eigenvalue weighted by molar-refractivity contribution is 5.89. The van der Waals surface area contributed by atoms with Crippen molar-refractivity contribution in [2.45, 2.75) is 39.8 Å². The summed E-state index contributed by atoms with van der Waals surface area (Å²) in [6.45, 7) is 6.59. The van der Waals surface area contributed by atoms with Crippen molar-refractivity contribution in [3.63, 3.8) is 0 Å². The van der Waals surface area contributed by atoms with E-state index in [2.05, 4.69) is 15.6 Å². The first-order chi connectivity index (χ1) is 15.0. The Kier molecular flexibility index (Phi) is 7.60. The van der Waals surface area contributed by atoms with Gasteiger partial charge in [0.25, 0.3) is 0 Å². The Labute approximate surface area is 183 Å². The lowest BCUT2D eigenvalue weighted by atomic mass is 10.0. The van der Waals surface area contributed by atoms with E-state index in [0.29, 0.717) is 19.0 Å². The second kappa shape index (κ2) is 10.6. The van der Waals surface area contributed by atoms with Gasteiger partial charge in [-0.2, -0.15) is 0 Å². The molecule has 1 heterocycles. The number of hydrogen-bond acceptors (Lipinski definition) is 4. The van der Waals surface area contributed by atoms with Gasteiger partial charge in [0.1, 0.15) is 6.04 Å². The van der Waals surface area contributed by atoms with Crippen molar-refractivity contribution in [1.82, 2.24) is 15.6 Å². The smallest absolute Gasteiger partial charge is 0.243 e. The summed E-state index contributed by atoms with van der Waals surface area (Å²) in [4.78, 5) is 29.5. The fraction of sp³-hybridized carbons (Fsp3) is 0.320. The number of ether oxygens (including phenoxy) is 1. The van der Waals surface area contributed by atoms with Crippen LogP contribution in [-0.2, 0) is 22.6 Å². The van der Waals surface area contributed by atoms with Crippen molar-refractivity contribution < 1.29 is 14.3 Å². The van der Waals surface area contributed by atoms with Crippen molar-refractivity contribution in [2.24, 2.45) is 5.92 Å². The lowest BCUT2D eigenvalue weighted by Crippen LogP contribution is -2.49. The van der Waals surface area contributed by atoms with Crippen LogP contribution >= 0.6 is 0 Å². The van der Waals surface area contributed by atoms with Gasteiger partial charge in [-0.15, -0.1) is 0 Å². The van der Waals surface area contributed by atoms with E-state index in [9.17, 15) is 9.59 Å².